The van der Waals surface area contributed by atoms with Crippen LogP contribution < -0.4 is 5.32 Å². The van der Waals surface area contributed by atoms with E-state index in [0.717, 1.165) is 25.7 Å². The van der Waals surface area contributed by atoms with Crippen LogP contribution in [0.5, 0.6) is 0 Å². The van der Waals surface area contributed by atoms with Crippen LogP contribution in [-0.4, -0.2) is 46.7 Å². The van der Waals surface area contributed by atoms with Crippen molar-refractivity contribution >= 4 is 13.5 Å². The Morgan fingerprint density at radius 3 is 2.45 bits per heavy atom. The Labute approximate surface area is 133 Å². The lowest BCUT2D eigenvalue weighted by Gasteiger charge is -2.25. The summed E-state index contributed by atoms with van der Waals surface area (Å²) in [6.45, 7) is 5.16. The molecule has 0 heterocycles. The second kappa shape index (κ2) is 8.32. The van der Waals surface area contributed by atoms with E-state index < -0.39 is 25.2 Å². The van der Waals surface area contributed by atoms with Crippen LogP contribution in [0.15, 0.2) is 0 Å². The summed E-state index contributed by atoms with van der Waals surface area (Å²) >= 11 is 0. The third-order valence-corrected chi connectivity index (χ3v) is 5.72. The summed E-state index contributed by atoms with van der Waals surface area (Å²) < 4.78 is 17.3. The molecule has 0 aromatic heterocycles. The Hall–Kier alpha value is -0.580. The monoisotopic (exact) mass is 335 g/mol. The van der Waals surface area contributed by atoms with E-state index >= 15 is 0 Å². The molecular weight excluding hydrogens is 305 g/mol. The number of nitrogens with one attached hydrogen (secondary N) is 1. The van der Waals surface area contributed by atoms with Crippen molar-refractivity contribution in [1.29, 1.82) is 0 Å². The van der Waals surface area contributed by atoms with Gasteiger partial charge in [-0.25, -0.2) is 4.79 Å². The first kappa shape index (κ1) is 19.5. The quantitative estimate of drug-likeness (QED) is 0.649. The molecule has 0 aromatic rings. The lowest BCUT2D eigenvalue weighted by Crippen LogP contribution is -2.38. The molecule has 0 aliphatic heterocycles. The Morgan fingerprint density at radius 1 is 1.32 bits per heavy atom. The fraction of sp³-hybridized carbons (Fsp3) is 0.933. The minimum Gasteiger partial charge on any atom is -0.444 e. The molecule has 7 heteroatoms. The lowest BCUT2D eigenvalue weighted by molar-refractivity contribution is 0.0498. The fourth-order valence-corrected chi connectivity index (χ4v) is 4.87. The first-order valence-electron chi connectivity index (χ1n) is 8.03. The molecular formula is C15H30NO5P. The number of amides is 1. The molecule has 1 fully saturated rings. The number of alkyl carbamates (subject to hydrolysis) is 1. The van der Waals surface area contributed by atoms with E-state index in [-0.39, 0.29) is 24.8 Å². The summed E-state index contributed by atoms with van der Waals surface area (Å²) in [5, 5.41) is 12.3. The van der Waals surface area contributed by atoms with Crippen LogP contribution in [0.3, 0.4) is 0 Å². The highest BCUT2D eigenvalue weighted by Gasteiger charge is 2.28. The van der Waals surface area contributed by atoms with Crippen LogP contribution in [0.4, 0.5) is 4.79 Å². The number of carbonyl (C=O) groups is 1. The summed E-state index contributed by atoms with van der Waals surface area (Å²) in [5.41, 5.74) is -0.609. The van der Waals surface area contributed by atoms with Crippen molar-refractivity contribution in [2.24, 2.45) is 5.92 Å². The van der Waals surface area contributed by atoms with Gasteiger partial charge in [-0.05, 0) is 39.5 Å². The second-order valence-corrected chi connectivity index (χ2v) is 9.67. The van der Waals surface area contributed by atoms with Crippen molar-refractivity contribution in [3.05, 3.63) is 0 Å². The molecule has 1 aliphatic carbocycles. The van der Waals surface area contributed by atoms with E-state index in [4.69, 9.17) is 4.74 Å². The molecule has 1 saturated carbocycles. The zero-order chi connectivity index (χ0) is 16.8. The number of hydrogen-bond acceptors (Lipinski definition) is 4. The first-order valence-corrected chi connectivity index (χ1v) is 10.1. The number of ether oxygens (including phenoxy) is 1. The molecule has 22 heavy (non-hydrogen) atoms. The van der Waals surface area contributed by atoms with Crippen molar-refractivity contribution in [2.45, 2.75) is 64.6 Å². The summed E-state index contributed by atoms with van der Waals surface area (Å²) in [6.07, 6.45) is 3.86. The maximum Gasteiger partial charge on any atom is 0.407 e. The van der Waals surface area contributed by atoms with Crippen molar-refractivity contribution in [1.82, 2.24) is 5.32 Å². The molecule has 6 nitrogen and oxygen atoms in total. The first-order chi connectivity index (χ1) is 10.1. The predicted molar refractivity (Wildman–Crippen MR) is 86.4 cm³/mol. The van der Waals surface area contributed by atoms with E-state index in [1.54, 1.807) is 20.8 Å². The number of rotatable bonds is 6. The van der Waals surface area contributed by atoms with Gasteiger partial charge >= 0.3 is 6.09 Å². The molecule has 0 spiro atoms. The SMILES string of the molecule is CC(C)(C)OC(=O)NC[C@H](O)CP(=O)(O)CC1CCCCC1. The van der Waals surface area contributed by atoms with Crippen LogP contribution in [0.2, 0.25) is 0 Å². The Bertz CT molecular complexity index is 401. The molecule has 2 atom stereocenters. The Kier molecular flexibility index (Phi) is 7.36. The van der Waals surface area contributed by atoms with Gasteiger partial charge in [0.25, 0.3) is 0 Å². The van der Waals surface area contributed by atoms with Crippen LogP contribution in [0.1, 0.15) is 52.9 Å². The van der Waals surface area contributed by atoms with E-state index in [1.807, 2.05) is 0 Å². The van der Waals surface area contributed by atoms with E-state index in [0.29, 0.717) is 0 Å². The molecule has 0 aromatic carbocycles. The van der Waals surface area contributed by atoms with Gasteiger partial charge in [0, 0.05) is 12.7 Å². The Morgan fingerprint density at radius 2 is 1.91 bits per heavy atom. The number of hydrogen-bond donors (Lipinski definition) is 3. The average molecular weight is 335 g/mol. The number of carbonyl (C=O) groups excluding carboxylic acids is 1. The number of aliphatic hydroxyl groups excluding tert-OH is 1. The van der Waals surface area contributed by atoms with Crippen molar-refractivity contribution in [3.8, 4) is 0 Å². The third-order valence-electron chi connectivity index (χ3n) is 3.65. The van der Waals surface area contributed by atoms with Crippen LogP contribution in [0, 0.1) is 5.92 Å². The normalized spacial score (nSPS) is 21.0. The van der Waals surface area contributed by atoms with Gasteiger partial charge < -0.3 is 20.1 Å². The van der Waals surface area contributed by atoms with Crippen LogP contribution in [-0.2, 0) is 9.30 Å². The highest BCUT2D eigenvalue weighted by Crippen LogP contribution is 2.45. The molecule has 1 amide bonds. The van der Waals surface area contributed by atoms with Crippen molar-refractivity contribution < 1.29 is 24.1 Å². The molecule has 130 valence electrons. The van der Waals surface area contributed by atoms with Gasteiger partial charge in [0.05, 0.1) is 12.3 Å². The molecule has 1 rings (SSSR count). The summed E-state index contributed by atoms with van der Waals surface area (Å²) in [6, 6.07) is 0. The molecule has 1 unspecified atom stereocenters. The molecule has 0 bridgehead atoms. The summed E-state index contributed by atoms with van der Waals surface area (Å²) in [4.78, 5) is 21.5. The van der Waals surface area contributed by atoms with Crippen LogP contribution >= 0.6 is 7.37 Å². The standard InChI is InChI=1S/C15H30NO5P/c1-15(2,3)21-14(18)16-9-13(17)11-22(19,20)10-12-7-5-4-6-8-12/h12-13,17H,4-11H2,1-3H3,(H,16,18)(H,19,20)/t13-/m0/s1. The van der Waals surface area contributed by atoms with Crippen molar-refractivity contribution in [3.63, 3.8) is 0 Å². The zero-order valence-electron chi connectivity index (χ0n) is 13.9. The lowest BCUT2D eigenvalue weighted by atomic mass is 9.91. The summed E-state index contributed by atoms with van der Waals surface area (Å²) in [7, 11) is -3.36. The minimum absolute atomic E-state index is 0.0792. The van der Waals surface area contributed by atoms with Gasteiger partial charge in [-0.15, -0.1) is 0 Å². The molecule has 1 aliphatic rings. The average Bonchev–Trinajstić information content (AvgIpc) is 2.34. The van der Waals surface area contributed by atoms with Gasteiger partial charge in [-0.3, -0.25) is 4.57 Å². The van der Waals surface area contributed by atoms with Crippen LogP contribution in [0.25, 0.3) is 0 Å². The molecule has 0 saturated heterocycles. The minimum atomic E-state index is -3.36. The summed E-state index contributed by atoms with van der Waals surface area (Å²) in [5.74, 6) is 0.288. The topological polar surface area (TPSA) is 95.9 Å². The molecule has 0 radical (unpaired) electrons. The van der Waals surface area contributed by atoms with E-state index in [2.05, 4.69) is 5.32 Å². The van der Waals surface area contributed by atoms with E-state index in [1.165, 1.54) is 6.42 Å². The van der Waals surface area contributed by atoms with Gasteiger partial charge in [0.1, 0.15) is 5.60 Å². The maximum atomic E-state index is 12.2. The van der Waals surface area contributed by atoms with Crippen molar-refractivity contribution in [2.75, 3.05) is 18.9 Å². The second-order valence-electron chi connectivity index (χ2n) is 7.25. The predicted octanol–water partition coefficient (Wildman–Crippen LogP) is 2.72. The Balaban J connectivity index is 2.31. The van der Waals surface area contributed by atoms with Gasteiger partial charge in [-0.1, -0.05) is 19.3 Å². The number of aliphatic hydroxyl groups is 1. The molecule has 3 N–H and O–H groups in total. The fourth-order valence-electron chi connectivity index (χ4n) is 2.76. The van der Waals surface area contributed by atoms with Gasteiger partial charge in [-0.2, -0.15) is 0 Å². The smallest absolute Gasteiger partial charge is 0.407 e. The van der Waals surface area contributed by atoms with Gasteiger partial charge in [0.2, 0.25) is 7.37 Å². The van der Waals surface area contributed by atoms with Gasteiger partial charge in [0.15, 0.2) is 0 Å². The van der Waals surface area contributed by atoms with E-state index in [9.17, 15) is 19.4 Å². The largest absolute Gasteiger partial charge is 0.444 e. The zero-order valence-corrected chi connectivity index (χ0v) is 14.8. The maximum absolute atomic E-state index is 12.2. The highest BCUT2D eigenvalue weighted by molar-refractivity contribution is 7.58. The third kappa shape index (κ3) is 8.76. The highest BCUT2D eigenvalue weighted by atomic mass is 31.2.